The maximum Gasteiger partial charge on any atom is -0.00542 e. The number of hydrogen-bond acceptors (Lipinski definition) is 0. The highest BCUT2D eigenvalue weighted by Gasteiger charge is 1.94. The zero-order chi connectivity index (χ0) is 13.6. The summed E-state index contributed by atoms with van der Waals surface area (Å²) in [5, 5.41) is 0. The van der Waals surface area contributed by atoms with Gasteiger partial charge in [-0.15, -0.1) is 12.8 Å². The molecule has 18 heavy (non-hydrogen) atoms. The lowest BCUT2D eigenvalue weighted by molar-refractivity contribution is 0.569. The second-order valence-electron chi connectivity index (χ2n) is 4.82. The van der Waals surface area contributed by atoms with E-state index in [1.807, 2.05) is 0 Å². The first kappa shape index (κ1) is 16.6. The van der Waals surface area contributed by atoms with Crippen LogP contribution in [-0.2, 0) is 0 Å². The predicted octanol–water partition coefficient (Wildman–Crippen LogP) is 5.27. The van der Waals surface area contributed by atoms with E-state index in [2.05, 4.69) is 25.0 Å². The summed E-state index contributed by atoms with van der Waals surface area (Å²) in [6.45, 7) is 7.61. The van der Waals surface area contributed by atoms with E-state index < -0.39 is 0 Å². The Morgan fingerprint density at radius 1 is 0.611 bits per heavy atom. The summed E-state index contributed by atoms with van der Waals surface area (Å²) in [6.07, 6.45) is 22.7. The Kier molecular flexibility index (Phi) is 11.1. The van der Waals surface area contributed by atoms with Gasteiger partial charge in [0.25, 0.3) is 0 Å². The van der Waals surface area contributed by atoms with E-state index in [1.165, 1.54) is 51.4 Å². The van der Waals surface area contributed by atoms with Gasteiger partial charge in [0.15, 0.2) is 0 Å². The van der Waals surface area contributed by atoms with Crippen molar-refractivity contribution in [2.75, 3.05) is 0 Å². The third-order valence-corrected chi connectivity index (χ3v) is 3.12. The molecule has 0 aromatic heterocycles. The quantitative estimate of drug-likeness (QED) is 0.342. The molecule has 98 valence electrons. The average Bonchev–Trinajstić information content (AvgIpc) is 2.40. The van der Waals surface area contributed by atoms with Crippen molar-refractivity contribution in [1.29, 1.82) is 0 Å². The molecule has 0 heterocycles. The van der Waals surface area contributed by atoms with Crippen molar-refractivity contribution in [2.45, 2.75) is 64.2 Å². The minimum absolute atomic E-state index is 0.934. The zero-order valence-corrected chi connectivity index (χ0v) is 11.6. The summed E-state index contributed by atoms with van der Waals surface area (Å²) >= 11 is 0. The van der Waals surface area contributed by atoms with Gasteiger partial charge in [-0.05, 0) is 36.8 Å². The maximum atomic E-state index is 5.24. The molecule has 0 aliphatic rings. The highest BCUT2D eigenvalue weighted by molar-refractivity contribution is 5.21. The summed E-state index contributed by atoms with van der Waals surface area (Å²) in [6, 6.07) is 0. The fraction of sp³-hybridized carbons (Fsp3) is 0.556. The van der Waals surface area contributed by atoms with Crippen LogP contribution in [0.5, 0.6) is 0 Å². The zero-order valence-electron chi connectivity index (χ0n) is 11.6. The molecule has 0 rings (SSSR count). The first-order valence-corrected chi connectivity index (χ1v) is 6.99. The van der Waals surface area contributed by atoms with Crippen LogP contribution in [0.25, 0.3) is 0 Å². The average molecular weight is 242 g/mol. The van der Waals surface area contributed by atoms with Crippen molar-refractivity contribution in [1.82, 2.24) is 0 Å². The number of unbranched alkanes of at least 4 members (excludes halogenated alkanes) is 7. The Bertz CT molecular complexity index is 285. The Balaban J connectivity index is 3.13. The molecule has 0 amide bonds. The molecule has 0 bridgehead atoms. The fourth-order valence-corrected chi connectivity index (χ4v) is 1.88. The second-order valence-corrected chi connectivity index (χ2v) is 4.82. The molecule has 0 saturated heterocycles. The van der Waals surface area contributed by atoms with Gasteiger partial charge in [-0.2, -0.15) is 0 Å². The van der Waals surface area contributed by atoms with Gasteiger partial charge in [-0.1, -0.05) is 63.5 Å². The molecular formula is C18H26. The lowest BCUT2D eigenvalue weighted by Gasteiger charge is -2.02. The minimum Gasteiger partial charge on any atom is -0.115 e. The number of allylic oxidation sites excluding steroid dienone is 2. The summed E-state index contributed by atoms with van der Waals surface area (Å²) in [5.74, 6) is 5.18. The van der Waals surface area contributed by atoms with Gasteiger partial charge in [-0.3, -0.25) is 0 Å². The standard InChI is InChI=1S/C18H26/c1-5-17(3)15-13-11-9-7-8-10-12-14-16-18(4)6-2/h1-2H,3-4,7-16H2. The summed E-state index contributed by atoms with van der Waals surface area (Å²) in [5.41, 5.74) is 1.87. The Labute approximate surface area is 114 Å². The van der Waals surface area contributed by atoms with E-state index in [9.17, 15) is 0 Å². The third-order valence-electron chi connectivity index (χ3n) is 3.12. The smallest absolute Gasteiger partial charge is 0.00542 e. The number of terminal acetylenes is 2. The SMILES string of the molecule is C#CC(=C)CCCCCCCCCCC(=C)C#C. The van der Waals surface area contributed by atoms with Crippen LogP contribution in [0.3, 0.4) is 0 Å². The molecule has 0 aliphatic carbocycles. The summed E-state index contributed by atoms with van der Waals surface area (Å²) in [7, 11) is 0. The molecule has 0 heteroatoms. The van der Waals surface area contributed by atoms with Crippen LogP contribution in [-0.4, -0.2) is 0 Å². The number of hydrogen-bond donors (Lipinski definition) is 0. The topological polar surface area (TPSA) is 0 Å². The molecule has 0 atom stereocenters. The normalized spacial score (nSPS) is 9.44. The van der Waals surface area contributed by atoms with Gasteiger partial charge in [0, 0.05) is 0 Å². The van der Waals surface area contributed by atoms with E-state index >= 15 is 0 Å². The van der Waals surface area contributed by atoms with Crippen LogP contribution >= 0.6 is 0 Å². The van der Waals surface area contributed by atoms with Crippen molar-refractivity contribution in [3.05, 3.63) is 24.3 Å². The summed E-state index contributed by atoms with van der Waals surface area (Å²) < 4.78 is 0. The van der Waals surface area contributed by atoms with E-state index in [1.54, 1.807) is 0 Å². The van der Waals surface area contributed by atoms with Crippen molar-refractivity contribution in [2.24, 2.45) is 0 Å². The van der Waals surface area contributed by atoms with Gasteiger partial charge >= 0.3 is 0 Å². The molecule has 0 fully saturated rings. The van der Waals surface area contributed by atoms with Gasteiger partial charge in [0.05, 0.1) is 0 Å². The molecule has 0 N–H and O–H groups in total. The molecule has 0 aliphatic heterocycles. The van der Waals surface area contributed by atoms with Crippen LogP contribution < -0.4 is 0 Å². The molecule has 0 unspecified atom stereocenters. The molecule has 0 saturated carbocycles. The third kappa shape index (κ3) is 11.1. The fourth-order valence-electron chi connectivity index (χ4n) is 1.88. The molecule has 0 spiro atoms. The van der Waals surface area contributed by atoms with Crippen molar-refractivity contribution in [3.8, 4) is 24.7 Å². The van der Waals surface area contributed by atoms with Gasteiger partial charge in [-0.25, -0.2) is 0 Å². The van der Waals surface area contributed by atoms with E-state index in [-0.39, 0.29) is 0 Å². The first-order chi connectivity index (χ1) is 8.70. The molecule has 0 radical (unpaired) electrons. The van der Waals surface area contributed by atoms with Crippen molar-refractivity contribution in [3.63, 3.8) is 0 Å². The second kappa shape index (κ2) is 12.1. The predicted molar refractivity (Wildman–Crippen MR) is 82.1 cm³/mol. The van der Waals surface area contributed by atoms with Crippen LogP contribution in [0, 0.1) is 24.7 Å². The van der Waals surface area contributed by atoms with Crippen LogP contribution in [0.1, 0.15) is 64.2 Å². The number of rotatable bonds is 11. The van der Waals surface area contributed by atoms with Crippen LogP contribution in [0.2, 0.25) is 0 Å². The lowest BCUT2D eigenvalue weighted by Crippen LogP contribution is -1.83. The summed E-state index contributed by atoms with van der Waals surface area (Å²) in [4.78, 5) is 0. The van der Waals surface area contributed by atoms with Gasteiger partial charge in [0.2, 0.25) is 0 Å². The first-order valence-electron chi connectivity index (χ1n) is 6.99. The largest absolute Gasteiger partial charge is 0.115 e. The monoisotopic (exact) mass is 242 g/mol. The maximum absolute atomic E-state index is 5.24. The van der Waals surface area contributed by atoms with Gasteiger partial charge < -0.3 is 0 Å². The molecule has 0 aromatic carbocycles. The lowest BCUT2D eigenvalue weighted by atomic mass is 10.0. The highest BCUT2D eigenvalue weighted by Crippen LogP contribution is 2.13. The molecule has 0 nitrogen and oxygen atoms in total. The Hall–Kier alpha value is -1.40. The van der Waals surface area contributed by atoms with Crippen molar-refractivity contribution < 1.29 is 0 Å². The molecule has 0 aromatic rings. The Morgan fingerprint density at radius 2 is 0.889 bits per heavy atom. The minimum atomic E-state index is 0.934. The highest BCUT2D eigenvalue weighted by atomic mass is 14.0. The van der Waals surface area contributed by atoms with Crippen LogP contribution in [0.15, 0.2) is 24.3 Å². The van der Waals surface area contributed by atoms with Crippen LogP contribution in [0.4, 0.5) is 0 Å². The van der Waals surface area contributed by atoms with E-state index in [0.717, 1.165) is 24.0 Å². The molecular weight excluding hydrogens is 216 g/mol. The van der Waals surface area contributed by atoms with E-state index in [4.69, 9.17) is 12.8 Å². The Morgan fingerprint density at radius 3 is 1.17 bits per heavy atom. The van der Waals surface area contributed by atoms with E-state index in [0.29, 0.717) is 0 Å². The van der Waals surface area contributed by atoms with Crippen molar-refractivity contribution >= 4 is 0 Å². The van der Waals surface area contributed by atoms with Gasteiger partial charge in [0.1, 0.15) is 0 Å².